The third-order valence-electron chi connectivity index (χ3n) is 3.92. The summed E-state index contributed by atoms with van der Waals surface area (Å²) in [7, 11) is -3.94. The lowest BCUT2D eigenvalue weighted by atomic mass is 10.1. The first kappa shape index (κ1) is 20.6. The maximum absolute atomic E-state index is 11.8. The lowest BCUT2D eigenvalue weighted by Gasteiger charge is -2.23. The third kappa shape index (κ3) is 5.24. The molecule has 0 saturated carbocycles. The van der Waals surface area contributed by atoms with Crippen molar-refractivity contribution in [2.75, 3.05) is 6.66 Å². The van der Waals surface area contributed by atoms with Gasteiger partial charge in [0.2, 0.25) is 0 Å². The van der Waals surface area contributed by atoms with Crippen molar-refractivity contribution in [3.8, 4) is 0 Å². The molecule has 0 spiro atoms. The first-order chi connectivity index (χ1) is 13.6. The number of nitro benzene ring substituents is 1. The van der Waals surface area contributed by atoms with Gasteiger partial charge in [-0.3, -0.25) is 24.3 Å². The summed E-state index contributed by atoms with van der Waals surface area (Å²) >= 11 is 0. The summed E-state index contributed by atoms with van der Waals surface area (Å²) in [6, 6.07) is 11.2. The van der Waals surface area contributed by atoms with E-state index in [4.69, 9.17) is 4.62 Å². The molecule has 0 aliphatic heterocycles. The number of aromatic amines is 2. The number of rotatable bonds is 7. The van der Waals surface area contributed by atoms with Gasteiger partial charge in [0.05, 0.1) is 22.5 Å². The number of non-ortho nitro benzene ring substituents is 1. The summed E-state index contributed by atoms with van der Waals surface area (Å²) in [4.78, 5) is 48.3. The van der Waals surface area contributed by atoms with Crippen molar-refractivity contribution in [3.63, 3.8) is 0 Å². The second kappa shape index (κ2) is 8.10. The molecule has 29 heavy (non-hydrogen) atoms. The maximum atomic E-state index is 11.8. The van der Waals surface area contributed by atoms with Gasteiger partial charge in [-0.1, -0.05) is 30.3 Å². The van der Waals surface area contributed by atoms with Gasteiger partial charge in [0.25, 0.3) is 5.69 Å². The van der Waals surface area contributed by atoms with Gasteiger partial charge in [-0.15, -0.1) is 0 Å². The lowest BCUT2D eigenvalue weighted by molar-refractivity contribution is -0.384. The second-order valence-electron chi connectivity index (χ2n) is 6.36. The Morgan fingerprint density at radius 2 is 1.79 bits per heavy atom. The van der Waals surface area contributed by atoms with Crippen LogP contribution in [-0.2, 0) is 22.3 Å². The smallest absolute Gasteiger partial charge is 0.324 e. The highest BCUT2D eigenvalue weighted by atomic mass is 31.2. The van der Waals surface area contributed by atoms with E-state index in [0.717, 1.165) is 23.4 Å². The highest BCUT2D eigenvalue weighted by Gasteiger charge is 2.21. The van der Waals surface area contributed by atoms with Crippen molar-refractivity contribution in [2.24, 2.45) is 0 Å². The SMILES string of the molecule is CP(=O)(O)ON(Cc1ccccc1)Cc1cc([N+](=O)[O-])cc2[nH]c(=O)c(=O)[nH]c12. The molecule has 0 saturated heterocycles. The molecule has 1 heterocycles. The van der Waals surface area contributed by atoms with Crippen LogP contribution in [-0.4, -0.2) is 31.5 Å². The van der Waals surface area contributed by atoms with Crippen molar-refractivity contribution in [3.05, 3.63) is 84.4 Å². The molecule has 0 aliphatic carbocycles. The molecule has 1 unspecified atom stereocenters. The predicted octanol–water partition coefficient (Wildman–Crippen LogP) is 1.87. The Hall–Kier alpha value is -3.11. The van der Waals surface area contributed by atoms with E-state index in [2.05, 4.69) is 9.97 Å². The van der Waals surface area contributed by atoms with Gasteiger partial charge in [0.1, 0.15) is 0 Å². The Morgan fingerprint density at radius 1 is 1.14 bits per heavy atom. The molecule has 0 bridgehead atoms. The summed E-state index contributed by atoms with van der Waals surface area (Å²) < 4.78 is 17.0. The van der Waals surface area contributed by atoms with Gasteiger partial charge < -0.3 is 14.9 Å². The number of nitro groups is 1. The fourth-order valence-electron chi connectivity index (χ4n) is 2.82. The van der Waals surface area contributed by atoms with Crippen molar-refractivity contribution >= 4 is 24.3 Å². The zero-order chi connectivity index (χ0) is 21.2. The summed E-state index contributed by atoms with van der Waals surface area (Å²) in [6.07, 6.45) is 0. The molecule has 0 fully saturated rings. The van der Waals surface area contributed by atoms with E-state index in [9.17, 15) is 29.2 Å². The predicted molar refractivity (Wildman–Crippen MR) is 104 cm³/mol. The second-order valence-corrected chi connectivity index (χ2v) is 8.13. The topological polar surface area (TPSA) is 159 Å². The molecular weight excluding hydrogens is 403 g/mol. The van der Waals surface area contributed by atoms with E-state index in [0.29, 0.717) is 0 Å². The Balaban J connectivity index is 2.08. The molecular formula is C17H17N4O7P. The van der Waals surface area contributed by atoms with Crippen molar-refractivity contribution in [1.82, 2.24) is 15.0 Å². The number of aromatic nitrogens is 2. The van der Waals surface area contributed by atoms with E-state index < -0.39 is 23.6 Å². The van der Waals surface area contributed by atoms with Crippen molar-refractivity contribution in [2.45, 2.75) is 13.1 Å². The summed E-state index contributed by atoms with van der Waals surface area (Å²) in [5.41, 5.74) is -0.989. The zero-order valence-corrected chi connectivity index (χ0v) is 16.1. The molecule has 3 aromatic rings. The quantitative estimate of drug-likeness (QED) is 0.226. The molecule has 12 heteroatoms. The molecule has 152 valence electrons. The average molecular weight is 420 g/mol. The monoisotopic (exact) mass is 420 g/mol. The van der Waals surface area contributed by atoms with Gasteiger partial charge in [-0.05, 0) is 5.56 Å². The van der Waals surface area contributed by atoms with Gasteiger partial charge in [0, 0.05) is 30.9 Å². The Bertz CT molecular complexity index is 1220. The summed E-state index contributed by atoms with van der Waals surface area (Å²) in [6.45, 7) is 0.931. The fourth-order valence-corrected chi connectivity index (χ4v) is 3.36. The number of hydrogen-bond donors (Lipinski definition) is 3. The molecule has 1 atom stereocenters. The molecule has 0 aliphatic rings. The van der Waals surface area contributed by atoms with Crippen LogP contribution in [0.5, 0.6) is 0 Å². The number of nitrogens with one attached hydrogen (secondary N) is 2. The standard InChI is InChI=1S/C17H17N4O7P/c1-29(26,27)28-20(9-11-5-3-2-4-6-11)10-12-7-13(21(24)25)8-14-15(12)19-17(23)16(22)18-14/h2-8H,9-10H2,1H3,(H,18,22)(H,19,23)(H,26,27). The van der Waals surface area contributed by atoms with E-state index in [1.54, 1.807) is 30.3 Å². The van der Waals surface area contributed by atoms with Crippen LogP contribution < -0.4 is 11.1 Å². The van der Waals surface area contributed by atoms with Crippen LogP contribution in [0.3, 0.4) is 0 Å². The van der Waals surface area contributed by atoms with E-state index in [1.807, 2.05) is 0 Å². The highest BCUT2D eigenvalue weighted by molar-refractivity contribution is 7.51. The minimum atomic E-state index is -3.94. The zero-order valence-electron chi connectivity index (χ0n) is 15.2. The average Bonchev–Trinajstić information content (AvgIpc) is 2.62. The van der Waals surface area contributed by atoms with Crippen molar-refractivity contribution < 1.29 is 19.0 Å². The van der Waals surface area contributed by atoms with E-state index in [1.165, 1.54) is 6.07 Å². The Labute approximate surface area is 163 Å². The normalized spacial score (nSPS) is 13.5. The lowest BCUT2D eigenvalue weighted by Crippen LogP contribution is -2.30. The minimum absolute atomic E-state index is 0.0575. The highest BCUT2D eigenvalue weighted by Crippen LogP contribution is 2.39. The third-order valence-corrected chi connectivity index (χ3v) is 4.46. The van der Waals surface area contributed by atoms with Gasteiger partial charge in [-0.2, -0.15) is 5.06 Å². The van der Waals surface area contributed by atoms with Crippen LogP contribution in [0.25, 0.3) is 11.0 Å². The number of fused-ring (bicyclic) bond motifs is 1. The van der Waals surface area contributed by atoms with Crippen molar-refractivity contribution in [1.29, 1.82) is 0 Å². The molecule has 2 aromatic carbocycles. The van der Waals surface area contributed by atoms with Gasteiger partial charge in [0.15, 0.2) is 0 Å². The van der Waals surface area contributed by atoms with Gasteiger partial charge >= 0.3 is 18.7 Å². The van der Waals surface area contributed by atoms with Crippen LogP contribution in [0.15, 0.2) is 52.1 Å². The maximum Gasteiger partial charge on any atom is 0.341 e. The van der Waals surface area contributed by atoms with Crippen LogP contribution in [0.1, 0.15) is 11.1 Å². The molecule has 0 radical (unpaired) electrons. The number of benzene rings is 2. The molecule has 11 nitrogen and oxygen atoms in total. The molecule has 3 N–H and O–H groups in total. The Kier molecular flexibility index (Phi) is 5.76. The minimum Gasteiger partial charge on any atom is -0.324 e. The Morgan fingerprint density at radius 3 is 2.41 bits per heavy atom. The number of H-pyrrole nitrogens is 2. The largest absolute Gasteiger partial charge is 0.341 e. The fraction of sp³-hybridized carbons (Fsp3) is 0.176. The van der Waals surface area contributed by atoms with E-state index in [-0.39, 0.29) is 35.4 Å². The summed E-state index contributed by atoms with van der Waals surface area (Å²) in [5, 5.41) is 12.4. The van der Waals surface area contributed by atoms with E-state index >= 15 is 0 Å². The number of hydroxylamine groups is 2. The molecule has 0 amide bonds. The van der Waals surface area contributed by atoms with Crippen LogP contribution >= 0.6 is 7.60 Å². The molecule has 3 rings (SSSR count). The first-order valence-electron chi connectivity index (χ1n) is 8.35. The molecule has 1 aromatic heterocycles. The van der Waals surface area contributed by atoms with Crippen LogP contribution in [0.2, 0.25) is 0 Å². The number of hydrogen-bond acceptors (Lipinski definition) is 7. The van der Waals surface area contributed by atoms with Crippen LogP contribution in [0, 0.1) is 10.1 Å². The first-order valence-corrected chi connectivity index (χ1v) is 10.4. The summed E-state index contributed by atoms with van der Waals surface area (Å²) in [5.74, 6) is 0. The number of nitrogens with zero attached hydrogens (tertiary/aromatic N) is 2. The van der Waals surface area contributed by atoms with Gasteiger partial charge in [-0.25, -0.2) is 4.62 Å². The van der Waals surface area contributed by atoms with Crippen LogP contribution in [0.4, 0.5) is 5.69 Å².